The number of nitrogens with two attached hydrogens (primary N) is 1. The molecule has 1 fully saturated rings. The average Bonchev–Trinajstić information content (AvgIpc) is 3.38. The first kappa shape index (κ1) is 22.5. The molecule has 1 amide bonds. The number of methoxy groups -OCH3 is 1. The molecule has 0 aliphatic carbocycles. The van der Waals surface area contributed by atoms with Crippen LogP contribution < -0.4 is 26.4 Å². The summed E-state index contributed by atoms with van der Waals surface area (Å²) >= 11 is 0. The van der Waals surface area contributed by atoms with Crippen molar-refractivity contribution in [2.75, 3.05) is 30.8 Å². The van der Waals surface area contributed by atoms with Crippen LogP contribution in [-0.4, -0.2) is 52.1 Å². The molecule has 1 aliphatic heterocycles. The van der Waals surface area contributed by atoms with E-state index in [2.05, 4.69) is 25.9 Å². The average molecular weight is 471 g/mol. The minimum atomic E-state index is -0.360. The number of hydrogen-bond donors (Lipinski definition) is 4. The summed E-state index contributed by atoms with van der Waals surface area (Å²) in [6, 6.07) is 11.5. The number of nitrogens with one attached hydrogen (secondary N) is 3. The lowest BCUT2D eigenvalue weighted by molar-refractivity contribution is -0.117. The largest absolute Gasteiger partial charge is 0.494 e. The van der Waals surface area contributed by atoms with Gasteiger partial charge in [0.2, 0.25) is 5.91 Å². The molecule has 35 heavy (non-hydrogen) atoms. The number of carbonyl (C=O) groups excluding carboxylic acids is 1. The molecule has 1 unspecified atom stereocenters. The monoisotopic (exact) mass is 470 g/mol. The maximum atomic E-state index is 11.1. The summed E-state index contributed by atoms with van der Waals surface area (Å²) in [5.41, 5.74) is 8.47. The molecule has 1 aliphatic rings. The third-order valence-corrected chi connectivity index (χ3v) is 5.82. The van der Waals surface area contributed by atoms with Crippen LogP contribution >= 0.6 is 0 Å². The van der Waals surface area contributed by atoms with Crippen LogP contribution in [0, 0.1) is 0 Å². The lowest BCUT2D eigenvalue weighted by Crippen LogP contribution is -2.23. The minimum absolute atomic E-state index is 0.209. The van der Waals surface area contributed by atoms with Crippen molar-refractivity contribution in [2.24, 2.45) is 5.73 Å². The van der Waals surface area contributed by atoms with E-state index >= 15 is 0 Å². The van der Waals surface area contributed by atoms with Gasteiger partial charge in [-0.1, -0.05) is 12.1 Å². The van der Waals surface area contributed by atoms with Crippen LogP contribution in [0.2, 0.25) is 0 Å². The van der Waals surface area contributed by atoms with Crippen LogP contribution in [0.25, 0.3) is 22.3 Å². The Bertz CT molecular complexity index is 1350. The molecule has 3 aromatic heterocycles. The molecule has 1 aromatic carbocycles. The Morgan fingerprint density at radius 2 is 2.06 bits per heavy atom. The fourth-order valence-corrected chi connectivity index (χ4v) is 4.11. The molecular formula is C25H26N8O2. The van der Waals surface area contributed by atoms with Crippen molar-refractivity contribution in [3.8, 4) is 17.1 Å². The van der Waals surface area contributed by atoms with Crippen molar-refractivity contribution in [3.05, 3.63) is 60.6 Å². The van der Waals surface area contributed by atoms with E-state index in [1.165, 1.54) is 0 Å². The van der Waals surface area contributed by atoms with Crippen molar-refractivity contribution < 1.29 is 9.53 Å². The molecule has 10 heteroatoms. The first-order chi connectivity index (χ1) is 17.1. The lowest BCUT2D eigenvalue weighted by Gasteiger charge is -2.16. The summed E-state index contributed by atoms with van der Waals surface area (Å²) in [5, 5.41) is 11.0. The number of fused-ring (bicyclic) bond motifs is 1. The van der Waals surface area contributed by atoms with Crippen molar-refractivity contribution in [2.45, 2.75) is 18.9 Å². The normalized spacial score (nSPS) is 15.2. The molecule has 4 aromatic rings. The van der Waals surface area contributed by atoms with Gasteiger partial charge in [-0.3, -0.25) is 9.78 Å². The van der Waals surface area contributed by atoms with Crippen molar-refractivity contribution in [1.29, 1.82) is 0 Å². The molecule has 5 rings (SSSR count). The zero-order valence-electron chi connectivity index (χ0n) is 19.3. The van der Waals surface area contributed by atoms with Gasteiger partial charge in [-0.25, -0.2) is 15.0 Å². The highest BCUT2D eigenvalue weighted by Gasteiger charge is 2.20. The Balaban J connectivity index is 1.47. The van der Waals surface area contributed by atoms with E-state index in [0.29, 0.717) is 28.7 Å². The molecule has 178 valence electrons. The van der Waals surface area contributed by atoms with Gasteiger partial charge in [-0.05, 0) is 42.8 Å². The van der Waals surface area contributed by atoms with E-state index in [1.54, 1.807) is 25.7 Å². The van der Waals surface area contributed by atoms with E-state index in [9.17, 15) is 4.79 Å². The Morgan fingerprint density at radius 3 is 2.80 bits per heavy atom. The van der Waals surface area contributed by atoms with E-state index in [1.807, 2.05) is 36.4 Å². The quantitative estimate of drug-likeness (QED) is 0.306. The van der Waals surface area contributed by atoms with Gasteiger partial charge in [-0.15, -0.1) is 0 Å². The number of rotatable bonds is 8. The predicted octanol–water partition coefficient (Wildman–Crippen LogP) is 2.64. The highest BCUT2D eigenvalue weighted by Crippen LogP contribution is 2.32. The zero-order chi connectivity index (χ0) is 24.2. The second-order valence-electron chi connectivity index (χ2n) is 8.36. The molecule has 0 radical (unpaired) electrons. The van der Waals surface area contributed by atoms with Crippen molar-refractivity contribution in [3.63, 3.8) is 0 Å². The van der Waals surface area contributed by atoms with Crippen LogP contribution in [0.1, 0.15) is 12.0 Å². The third-order valence-electron chi connectivity index (χ3n) is 5.82. The maximum absolute atomic E-state index is 11.1. The number of anilines is 3. The lowest BCUT2D eigenvalue weighted by atomic mass is 10.1. The number of aromatic nitrogens is 4. The molecule has 1 saturated heterocycles. The summed E-state index contributed by atoms with van der Waals surface area (Å²) in [5.74, 6) is 2.19. The number of ether oxygens (including phenoxy) is 1. The van der Waals surface area contributed by atoms with Crippen LogP contribution in [0.4, 0.5) is 17.3 Å². The van der Waals surface area contributed by atoms with E-state index < -0.39 is 0 Å². The second kappa shape index (κ2) is 9.90. The number of primary amides is 1. The molecular weight excluding hydrogens is 444 g/mol. The van der Waals surface area contributed by atoms with Gasteiger partial charge in [0.1, 0.15) is 17.4 Å². The molecule has 0 spiro atoms. The molecule has 10 nitrogen and oxygen atoms in total. The first-order valence-electron chi connectivity index (χ1n) is 11.4. The first-order valence-corrected chi connectivity index (χ1v) is 11.4. The highest BCUT2D eigenvalue weighted by molar-refractivity contribution is 5.95. The SMILES string of the molecule is COc1cncc2nc(-c3ccnc(Nc4ccc(CC(N)=O)cc4)c3)nc(NC3CCNC3)c12. The smallest absolute Gasteiger partial charge is 0.221 e. The number of pyridine rings is 2. The van der Waals surface area contributed by atoms with Crippen LogP contribution in [0.3, 0.4) is 0 Å². The summed E-state index contributed by atoms with van der Waals surface area (Å²) in [6.07, 6.45) is 6.32. The number of amides is 1. The second-order valence-corrected chi connectivity index (χ2v) is 8.36. The van der Waals surface area contributed by atoms with Crippen LogP contribution in [-0.2, 0) is 11.2 Å². The zero-order valence-corrected chi connectivity index (χ0v) is 19.3. The molecule has 4 heterocycles. The van der Waals surface area contributed by atoms with Crippen molar-refractivity contribution in [1.82, 2.24) is 25.3 Å². The Labute approximate surface area is 202 Å². The minimum Gasteiger partial charge on any atom is -0.494 e. The Hall–Kier alpha value is -4.31. The fraction of sp³-hybridized carbons (Fsp3) is 0.240. The standard InChI is InChI=1S/C25H26N8O2/c1-35-20-14-28-13-19-23(20)25(31-18-7-8-27-12-18)33-24(32-19)16-6-9-29-22(11-16)30-17-4-2-15(3-5-17)10-21(26)34/h2-6,9,11,13-14,18,27H,7-8,10,12H2,1H3,(H2,26,34)(H,29,30)(H,31,32,33). The summed E-state index contributed by atoms with van der Waals surface area (Å²) in [4.78, 5) is 29.5. The van der Waals surface area contributed by atoms with Gasteiger partial charge in [0, 0.05) is 30.0 Å². The van der Waals surface area contributed by atoms with Crippen LogP contribution in [0.15, 0.2) is 55.0 Å². The van der Waals surface area contributed by atoms with Gasteiger partial charge >= 0.3 is 0 Å². The van der Waals surface area contributed by atoms with Gasteiger partial charge in [0.25, 0.3) is 0 Å². The van der Waals surface area contributed by atoms with Gasteiger partial charge in [-0.2, -0.15) is 0 Å². The van der Waals surface area contributed by atoms with Crippen LogP contribution in [0.5, 0.6) is 5.75 Å². The van der Waals surface area contributed by atoms with E-state index in [-0.39, 0.29) is 18.4 Å². The fourth-order valence-electron chi connectivity index (χ4n) is 4.11. The van der Waals surface area contributed by atoms with E-state index in [0.717, 1.165) is 41.7 Å². The number of nitrogens with zero attached hydrogens (tertiary/aromatic N) is 4. The Morgan fingerprint density at radius 1 is 1.20 bits per heavy atom. The third kappa shape index (κ3) is 5.12. The topological polar surface area (TPSA) is 140 Å². The van der Waals surface area contributed by atoms with Gasteiger partial charge in [0.05, 0.1) is 36.8 Å². The molecule has 1 atom stereocenters. The summed E-state index contributed by atoms with van der Waals surface area (Å²) in [6.45, 7) is 1.84. The van der Waals surface area contributed by atoms with E-state index in [4.69, 9.17) is 20.4 Å². The highest BCUT2D eigenvalue weighted by atomic mass is 16.5. The maximum Gasteiger partial charge on any atom is 0.221 e. The predicted molar refractivity (Wildman–Crippen MR) is 135 cm³/mol. The summed E-state index contributed by atoms with van der Waals surface area (Å²) < 4.78 is 5.55. The summed E-state index contributed by atoms with van der Waals surface area (Å²) in [7, 11) is 1.62. The molecule has 0 saturated carbocycles. The number of carbonyl (C=O) groups is 1. The van der Waals surface area contributed by atoms with Gasteiger partial charge in [0.15, 0.2) is 5.82 Å². The number of benzene rings is 1. The van der Waals surface area contributed by atoms with Gasteiger partial charge < -0.3 is 26.4 Å². The van der Waals surface area contributed by atoms with Crippen molar-refractivity contribution >= 4 is 34.1 Å². The molecule has 0 bridgehead atoms. The molecule has 5 N–H and O–H groups in total. The number of hydrogen-bond acceptors (Lipinski definition) is 9. The Kier molecular flexibility index (Phi) is 6.36.